The Bertz CT molecular complexity index is 1020. The van der Waals surface area contributed by atoms with Crippen LogP contribution < -0.4 is 9.47 Å². The summed E-state index contributed by atoms with van der Waals surface area (Å²) in [4.78, 5) is 20.7. The lowest BCUT2D eigenvalue weighted by Crippen LogP contribution is -2.29. The number of aliphatic carboxylic acids is 2. The fourth-order valence-electron chi connectivity index (χ4n) is 3.51. The molecule has 0 bridgehead atoms. The maximum absolute atomic E-state index is 9.10. The number of ether oxygens (including phenoxy) is 2. The summed E-state index contributed by atoms with van der Waals surface area (Å²) in [6, 6.07) is 26.4. The second-order valence-electron chi connectivity index (χ2n) is 7.94. The highest BCUT2D eigenvalue weighted by Gasteiger charge is 2.10. The molecule has 0 aliphatic carbocycles. The van der Waals surface area contributed by atoms with Crippen molar-refractivity contribution in [1.29, 1.82) is 0 Å². The van der Waals surface area contributed by atoms with Gasteiger partial charge in [0.05, 0.1) is 0 Å². The third-order valence-electron chi connectivity index (χ3n) is 5.27. The lowest BCUT2D eigenvalue weighted by molar-refractivity contribution is -0.159. The van der Waals surface area contributed by atoms with Crippen LogP contribution in [0.3, 0.4) is 0 Å². The molecule has 0 radical (unpaired) electrons. The van der Waals surface area contributed by atoms with Crippen molar-refractivity contribution in [3.05, 3.63) is 90.0 Å². The van der Waals surface area contributed by atoms with Crippen LogP contribution in [-0.4, -0.2) is 40.1 Å². The molecule has 0 spiro atoms. The number of nitrogens with zero attached hydrogens (tertiary/aromatic N) is 1. The van der Waals surface area contributed by atoms with Crippen molar-refractivity contribution >= 4 is 11.9 Å². The molecule has 3 aromatic rings. The Balaban J connectivity index is 0.000000481. The van der Waals surface area contributed by atoms with Crippen molar-refractivity contribution in [2.45, 2.75) is 32.4 Å². The van der Waals surface area contributed by atoms with Crippen LogP contribution in [0.2, 0.25) is 0 Å². The molecule has 0 amide bonds. The lowest BCUT2D eigenvalue weighted by Gasteiger charge is -2.26. The summed E-state index contributed by atoms with van der Waals surface area (Å²) < 4.78 is 11.7. The number of piperidine rings is 1. The minimum absolute atomic E-state index is 0.572. The van der Waals surface area contributed by atoms with Crippen molar-refractivity contribution in [3.8, 4) is 17.2 Å². The van der Waals surface area contributed by atoms with Gasteiger partial charge in [-0.25, -0.2) is 9.59 Å². The fourth-order valence-corrected chi connectivity index (χ4v) is 3.51. The molecule has 0 atom stereocenters. The van der Waals surface area contributed by atoms with Gasteiger partial charge >= 0.3 is 11.9 Å². The normalized spacial score (nSPS) is 13.3. The number of benzene rings is 3. The Morgan fingerprint density at radius 3 is 1.79 bits per heavy atom. The van der Waals surface area contributed by atoms with Gasteiger partial charge in [-0.2, -0.15) is 0 Å². The van der Waals surface area contributed by atoms with Gasteiger partial charge in [-0.05, 0) is 73.5 Å². The van der Waals surface area contributed by atoms with Gasteiger partial charge in [0.2, 0.25) is 0 Å². The first-order valence-corrected chi connectivity index (χ1v) is 11.2. The van der Waals surface area contributed by atoms with Gasteiger partial charge in [0.1, 0.15) is 23.9 Å². The zero-order valence-electron chi connectivity index (χ0n) is 18.9. The summed E-state index contributed by atoms with van der Waals surface area (Å²) in [5, 5.41) is 14.8. The zero-order valence-corrected chi connectivity index (χ0v) is 18.9. The molecule has 178 valence electrons. The molecule has 2 N–H and O–H groups in total. The first-order chi connectivity index (χ1) is 16.5. The van der Waals surface area contributed by atoms with E-state index in [1.807, 2.05) is 54.6 Å². The molecule has 1 saturated heterocycles. The van der Waals surface area contributed by atoms with Crippen LogP contribution in [0.25, 0.3) is 0 Å². The third kappa shape index (κ3) is 8.60. The van der Waals surface area contributed by atoms with Gasteiger partial charge < -0.3 is 19.7 Å². The second-order valence-corrected chi connectivity index (χ2v) is 7.94. The third-order valence-corrected chi connectivity index (χ3v) is 5.27. The van der Waals surface area contributed by atoms with Crippen molar-refractivity contribution in [3.63, 3.8) is 0 Å². The molecule has 0 saturated carbocycles. The smallest absolute Gasteiger partial charge is 0.414 e. The number of carbonyl (C=O) groups is 2. The molecule has 1 heterocycles. The Morgan fingerprint density at radius 1 is 0.676 bits per heavy atom. The summed E-state index contributed by atoms with van der Waals surface area (Å²) in [5.41, 5.74) is 2.57. The van der Waals surface area contributed by atoms with E-state index in [0.717, 1.165) is 23.8 Å². The minimum Gasteiger partial charge on any atom is -0.489 e. The van der Waals surface area contributed by atoms with Crippen molar-refractivity contribution in [2.24, 2.45) is 0 Å². The number of carboxylic acids is 2. The molecule has 3 aromatic carbocycles. The molecule has 0 aromatic heterocycles. The van der Waals surface area contributed by atoms with Crippen LogP contribution in [0.1, 0.15) is 30.4 Å². The average molecular weight is 464 g/mol. The van der Waals surface area contributed by atoms with Gasteiger partial charge in [0, 0.05) is 6.54 Å². The van der Waals surface area contributed by atoms with Crippen molar-refractivity contribution in [2.75, 3.05) is 13.1 Å². The number of likely N-dealkylation sites (tertiary alicyclic amines) is 1. The number of carboxylic acid groups (broad SMARTS) is 2. The molecule has 1 aliphatic rings. The van der Waals surface area contributed by atoms with E-state index in [-0.39, 0.29) is 0 Å². The standard InChI is InChI=1S/C25H27NO2.C2H2O4/c1-3-7-24(8-4-1)28-25-15-13-23(14-16-25)27-20-22-11-9-21(10-12-22)19-26-17-5-2-6-18-26;3-1(4)2(5)6/h1,3-4,7-16H,2,5-6,17-20H2;(H,3,4)(H,5,6). The predicted octanol–water partition coefficient (Wildman–Crippen LogP) is 5.20. The van der Waals surface area contributed by atoms with E-state index in [0.29, 0.717) is 6.61 Å². The molecular formula is C27H29NO6. The molecular weight excluding hydrogens is 434 g/mol. The summed E-state index contributed by atoms with van der Waals surface area (Å²) in [6.07, 6.45) is 4.05. The number of para-hydroxylation sites is 1. The highest BCUT2D eigenvalue weighted by atomic mass is 16.5. The molecule has 0 unspecified atom stereocenters. The average Bonchev–Trinajstić information content (AvgIpc) is 2.86. The predicted molar refractivity (Wildman–Crippen MR) is 128 cm³/mol. The van der Waals surface area contributed by atoms with E-state index in [9.17, 15) is 0 Å². The van der Waals surface area contributed by atoms with E-state index in [1.165, 1.54) is 43.5 Å². The number of hydrogen-bond acceptors (Lipinski definition) is 5. The zero-order chi connectivity index (χ0) is 24.2. The topological polar surface area (TPSA) is 96.3 Å². The van der Waals surface area contributed by atoms with Crippen LogP contribution in [0, 0.1) is 0 Å². The summed E-state index contributed by atoms with van der Waals surface area (Å²) in [6.45, 7) is 4.09. The van der Waals surface area contributed by atoms with Gasteiger partial charge in [-0.3, -0.25) is 4.90 Å². The Hall–Kier alpha value is -3.84. The number of hydrogen-bond donors (Lipinski definition) is 2. The summed E-state index contributed by atoms with van der Waals surface area (Å²) in [5.74, 6) is -1.16. The second kappa shape index (κ2) is 13.0. The number of rotatable bonds is 7. The summed E-state index contributed by atoms with van der Waals surface area (Å²) in [7, 11) is 0. The maximum atomic E-state index is 9.10. The van der Waals surface area contributed by atoms with E-state index >= 15 is 0 Å². The van der Waals surface area contributed by atoms with Crippen LogP contribution in [0.4, 0.5) is 0 Å². The van der Waals surface area contributed by atoms with Crippen LogP contribution >= 0.6 is 0 Å². The summed E-state index contributed by atoms with van der Waals surface area (Å²) >= 11 is 0. The molecule has 7 nitrogen and oxygen atoms in total. The van der Waals surface area contributed by atoms with Crippen LogP contribution in [0.5, 0.6) is 17.2 Å². The van der Waals surface area contributed by atoms with Gasteiger partial charge in [0.25, 0.3) is 0 Å². The molecule has 4 rings (SSSR count). The Labute approximate surface area is 199 Å². The quantitative estimate of drug-likeness (QED) is 0.465. The molecule has 1 aliphatic heterocycles. The first-order valence-electron chi connectivity index (χ1n) is 11.2. The lowest BCUT2D eigenvalue weighted by atomic mass is 10.1. The fraction of sp³-hybridized carbons (Fsp3) is 0.259. The maximum Gasteiger partial charge on any atom is 0.414 e. The Morgan fingerprint density at radius 2 is 1.21 bits per heavy atom. The van der Waals surface area contributed by atoms with Gasteiger partial charge in [-0.15, -0.1) is 0 Å². The van der Waals surface area contributed by atoms with Crippen LogP contribution in [0.15, 0.2) is 78.9 Å². The van der Waals surface area contributed by atoms with E-state index in [4.69, 9.17) is 29.3 Å². The van der Waals surface area contributed by atoms with Gasteiger partial charge in [-0.1, -0.05) is 48.9 Å². The van der Waals surface area contributed by atoms with Crippen molar-refractivity contribution in [1.82, 2.24) is 4.90 Å². The van der Waals surface area contributed by atoms with E-state index in [1.54, 1.807) is 0 Å². The SMILES string of the molecule is O=C(O)C(=O)O.c1ccc(Oc2ccc(OCc3ccc(CN4CCCCC4)cc3)cc2)cc1. The highest BCUT2D eigenvalue weighted by molar-refractivity contribution is 6.27. The monoisotopic (exact) mass is 463 g/mol. The minimum atomic E-state index is -1.82. The van der Waals surface area contributed by atoms with E-state index in [2.05, 4.69) is 29.2 Å². The van der Waals surface area contributed by atoms with E-state index < -0.39 is 11.9 Å². The van der Waals surface area contributed by atoms with Crippen LogP contribution in [-0.2, 0) is 22.7 Å². The molecule has 1 fully saturated rings. The molecule has 34 heavy (non-hydrogen) atoms. The first kappa shape index (κ1) is 24.8. The Kier molecular flexibility index (Phi) is 9.49. The largest absolute Gasteiger partial charge is 0.489 e. The highest BCUT2D eigenvalue weighted by Crippen LogP contribution is 2.24. The van der Waals surface area contributed by atoms with Gasteiger partial charge in [0.15, 0.2) is 0 Å². The van der Waals surface area contributed by atoms with Crippen molar-refractivity contribution < 1.29 is 29.3 Å². The molecule has 7 heteroatoms.